The Morgan fingerprint density at radius 3 is 2.39 bits per heavy atom. The maximum Gasteiger partial charge on any atom is 0.238 e. The molecule has 0 aromatic heterocycles. The summed E-state index contributed by atoms with van der Waals surface area (Å²) in [7, 11) is 3.05. The number of anilines is 1. The number of methoxy groups -OCH3 is 2. The Hall–Kier alpha value is -1.99. The number of carbonyl (C=O) groups excluding carboxylic acids is 1. The smallest absolute Gasteiger partial charge is 0.238 e. The molecule has 2 rings (SSSR count). The van der Waals surface area contributed by atoms with Gasteiger partial charge in [-0.1, -0.05) is 41.9 Å². The first-order chi connectivity index (χ1) is 13.1. The van der Waals surface area contributed by atoms with Gasteiger partial charge >= 0.3 is 0 Å². The molecule has 8 heteroatoms. The fraction of sp³-hybridized carbons (Fsp3) is 0.350. The number of nitrogens with two attached hydrogens (primary N) is 1. The fourth-order valence-corrected chi connectivity index (χ4v) is 2.98. The first kappa shape index (κ1) is 24.0. The van der Waals surface area contributed by atoms with Gasteiger partial charge in [0.15, 0.2) is 0 Å². The molecular formula is C20H27Cl2N3O3. The molecule has 2 aromatic carbocycles. The molecule has 0 saturated carbocycles. The highest BCUT2D eigenvalue weighted by Gasteiger charge is 2.15. The summed E-state index contributed by atoms with van der Waals surface area (Å²) in [5.74, 6) is 0.814. The number of ether oxygens (including phenoxy) is 2. The first-order valence-corrected chi connectivity index (χ1v) is 9.13. The van der Waals surface area contributed by atoms with Crippen molar-refractivity contribution in [3.8, 4) is 11.5 Å². The molecule has 0 fully saturated rings. The minimum atomic E-state index is -0.156. The van der Waals surface area contributed by atoms with Crippen LogP contribution in [-0.2, 0) is 11.2 Å². The molecule has 2 aromatic rings. The van der Waals surface area contributed by atoms with Gasteiger partial charge in [0.25, 0.3) is 0 Å². The predicted octanol–water partition coefficient (Wildman–Crippen LogP) is 3.22. The van der Waals surface area contributed by atoms with Crippen LogP contribution >= 0.6 is 24.0 Å². The predicted molar refractivity (Wildman–Crippen MR) is 116 cm³/mol. The molecule has 3 N–H and O–H groups in total. The Balaban J connectivity index is 0.00000392. The van der Waals surface area contributed by atoms with Crippen LogP contribution in [0.1, 0.15) is 5.56 Å². The van der Waals surface area contributed by atoms with Crippen molar-refractivity contribution in [2.24, 2.45) is 5.73 Å². The van der Waals surface area contributed by atoms with Crippen molar-refractivity contribution in [3.63, 3.8) is 0 Å². The monoisotopic (exact) mass is 427 g/mol. The van der Waals surface area contributed by atoms with E-state index >= 15 is 0 Å². The number of halogens is 2. The Morgan fingerprint density at radius 2 is 1.79 bits per heavy atom. The van der Waals surface area contributed by atoms with E-state index in [0.29, 0.717) is 35.3 Å². The van der Waals surface area contributed by atoms with Crippen molar-refractivity contribution in [2.45, 2.75) is 6.42 Å². The van der Waals surface area contributed by atoms with Gasteiger partial charge in [-0.25, -0.2) is 0 Å². The van der Waals surface area contributed by atoms with E-state index in [0.717, 1.165) is 13.0 Å². The number of rotatable bonds is 10. The van der Waals surface area contributed by atoms with Gasteiger partial charge in [-0.2, -0.15) is 0 Å². The lowest BCUT2D eigenvalue weighted by Gasteiger charge is -2.21. The van der Waals surface area contributed by atoms with Crippen LogP contribution in [0, 0.1) is 0 Å². The minimum absolute atomic E-state index is 0. The summed E-state index contributed by atoms with van der Waals surface area (Å²) in [4.78, 5) is 14.5. The van der Waals surface area contributed by atoms with Crippen molar-refractivity contribution in [1.29, 1.82) is 0 Å². The molecule has 0 aliphatic carbocycles. The van der Waals surface area contributed by atoms with Gasteiger partial charge in [0, 0.05) is 25.7 Å². The van der Waals surface area contributed by atoms with Crippen LogP contribution in [0.3, 0.4) is 0 Å². The van der Waals surface area contributed by atoms with Crippen LogP contribution in [0.2, 0.25) is 5.02 Å². The summed E-state index contributed by atoms with van der Waals surface area (Å²) in [6.45, 7) is 2.10. The van der Waals surface area contributed by atoms with Crippen LogP contribution in [0.15, 0.2) is 42.5 Å². The van der Waals surface area contributed by atoms with Crippen molar-refractivity contribution >= 4 is 35.6 Å². The summed E-state index contributed by atoms with van der Waals surface area (Å²) in [5.41, 5.74) is 7.43. The number of hydrogen-bond acceptors (Lipinski definition) is 5. The minimum Gasteiger partial charge on any atom is -0.495 e. The molecule has 0 atom stereocenters. The number of amides is 1. The van der Waals surface area contributed by atoms with Gasteiger partial charge < -0.3 is 20.5 Å². The summed E-state index contributed by atoms with van der Waals surface area (Å²) in [6, 6.07) is 13.4. The van der Waals surface area contributed by atoms with E-state index in [1.165, 1.54) is 19.8 Å². The second kappa shape index (κ2) is 12.5. The van der Waals surface area contributed by atoms with Crippen molar-refractivity contribution in [3.05, 3.63) is 53.1 Å². The Morgan fingerprint density at radius 1 is 1.11 bits per heavy atom. The molecule has 0 spiro atoms. The summed E-state index contributed by atoms with van der Waals surface area (Å²) < 4.78 is 10.5. The zero-order valence-electron chi connectivity index (χ0n) is 16.1. The molecule has 0 aliphatic heterocycles. The molecule has 0 saturated heterocycles. The quantitative estimate of drug-likeness (QED) is 0.608. The largest absolute Gasteiger partial charge is 0.495 e. The van der Waals surface area contributed by atoms with E-state index in [9.17, 15) is 4.79 Å². The van der Waals surface area contributed by atoms with Crippen LogP contribution < -0.4 is 20.5 Å². The fourth-order valence-electron chi connectivity index (χ4n) is 2.73. The third-order valence-corrected chi connectivity index (χ3v) is 4.42. The highest BCUT2D eigenvalue weighted by Crippen LogP contribution is 2.35. The number of carbonyl (C=O) groups is 1. The van der Waals surface area contributed by atoms with Crippen molar-refractivity contribution < 1.29 is 14.3 Å². The molecule has 0 radical (unpaired) electrons. The van der Waals surface area contributed by atoms with E-state index in [1.54, 1.807) is 12.1 Å². The molecule has 6 nitrogen and oxygen atoms in total. The maximum atomic E-state index is 12.5. The normalized spacial score (nSPS) is 10.3. The molecule has 154 valence electrons. The Kier molecular flexibility index (Phi) is 10.7. The number of hydrogen-bond donors (Lipinski definition) is 2. The van der Waals surface area contributed by atoms with Crippen LogP contribution in [0.5, 0.6) is 11.5 Å². The number of benzene rings is 2. The second-order valence-electron chi connectivity index (χ2n) is 6.04. The summed E-state index contributed by atoms with van der Waals surface area (Å²) in [6.07, 6.45) is 0.853. The Bertz CT molecular complexity index is 745. The lowest BCUT2D eigenvalue weighted by atomic mass is 10.1. The molecular weight excluding hydrogens is 401 g/mol. The molecule has 0 aliphatic rings. The summed E-state index contributed by atoms with van der Waals surface area (Å²) >= 11 is 6.16. The Labute approximate surface area is 177 Å². The van der Waals surface area contributed by atoms with Crippen LogP contribution in [-0.4, -0.2) is 51.2 Å². The van der Waals surface area contributed by atoms with Gasteiger partial charge in [-0.05, 0) is 18.1 Å². The number of nitrogens with one attached hydrogen (secondary N) is 1. The average molecular weight is 428 g/mol. The van der Waals surface area contributed by atoms with Crippen LogP contribution in [0.4, 0.5) is 5.69 Å². The lowest BCUT2D eigenvalue weighted by molar-refractivity contribution is -0.117. The first-order valence-electron chi connectivity index (χ1n) is 8.75. The van der Waals surface area contributed by atoms with Gasteiger partial charge in [0.05, 0.1) is 31.5 Å². The van der Waals surface area contributed by atoms with Crippen molar-refractivity contribution in [2.75, 3.05) is 45.7 Å². The third kappa shape index (κ3) is 7.20. The zero-order valence-corrected chi connectivity index (χ0v) is 17.7. The van der Waals surface area contributed by atoms with Gasteiger partial charge in [0.1, 0.15) is 11.5 Å². The second-order valence-corrected chi connectivity index (χ2v) is 6.44. The highest BCUT2D eigenvalue weighted by atomic mass is 35.5. The van der Waals surface area contributed by atoms with E-state index < -0.39 is 0 Å². The molecule has 0 heterocycles. The molecule has 0 bridgehead atoms. The van der Waals surface area contributed by atoms with E-state index in [-0.39, 0.29) is 24.9 Å². The maximum absolute atomic E-state index is 12.5. The van der Waals surface area contributed by atoms with E-state index in [4.69, 9.17) is 26.8 Å². The van der Waals surface area contributed by atoms with E-state index in [1.807, 2.05) is 23.1 Å². The van der Waals surface area contributed by atoms with E-state index in [2.05, 4.69) is 17.4 Å². The van der Waals surface area contributed by atoms with Crippen molar-refractivity contribution in [1.82, 2.24) is 4.90 Å². The standard InChI is InChI=1S/C20H26ClN3O3.ClH/c1-26-18-13-19(27-2)17(12-16(18)21)23-20(25)14-24(11-9-22)10-8-15-6-4-3-5-7-15;/h3-7,12-13H,8-11,14,22H2,1-2H3,(H,23,25);1H. The molecule has 1 amide bonds. The lowest BCUT2D eigenvalue weighted by Crippen LogP contribution is -2.38. The van der Waals surface area contributed by atoms with Crippen LogP contribution in [0.25, 0.3) is 0 Å². The molecule has 0 unspecified atom stereocenters. The highest BCUT2D eigenvalue weighted by molar-refractivity contribution is 6.32. The summed E-state index contributed by atoms with van der Waals surface area (Å²) in [5, 5.41) is 3.25. The molecule has 28 heavy (non-hydrogen) atoms. The topological polar surface area (TPSA) is 76.8 Å². The number of nitrogens with zero attached hydrogens (tertiary/aromatic N) is 1. The third-order valence-electron chi connectivity index (χ3n) is 4.12. The average Bonchev–Trinajstić information content (AvgIpc) is 2.67. The van der Waals surface area contributed by atoms with Gasteiger partial charge in [0.2, 0.25) is 5.91 Å². The van der Waals surface area contributed by atoms with Gasteiger partial charge in [-0.3, -0.25) is 9.69 Å². The van der Waals surface area contributed by atoms with Gasteiger partial charge in [-0.15, -0.1) is 12.4 Å². The zero-order chi connectivity index (χ0) is 19.6. The SMILES string of the molecule is COc1cc(OC)c(NC(=O)CN(CCN)CCc2ccccc2)cc1Cl.Cl.